The van der Waals surface area contributed by atoms with Crippen molar-refractivity contribution in [2.24, 2.45) is 0 Å². The molecule has 2 saturated heterocycles. The van der Waals surface area contributed by atoms with Crippen LogP contribution in [0.25, 0.3) is 0 Å². The Hall–Kier alpha value is -1.41. The van der Waals surface area contributed by atoms with Gasteiger partial charge in [0.25, 0.3) is 0 Å². The fraction of sp³-hybridized carbons (Fsp3) is 0.611. The highest BCUT2D eigenvalue weighted by Gasteiger charge is 2.40. The van der Waals surface area contributed by atoms with Crippen molar-refractivity contribution in [3.8, 4) is 6.07 Å². The summed E-state index contributed by atoms with van der Waals surface area (Å²) < 4.78 is 0. The number of rotatable bonds is 3. The molecule has 22 heavy (non-hydrogen) atoms. The van der Waals surface area contributed by atoms with Crippen LogP contribution in [0.15, 0.2) is 30.3 Å². The first-order chi connectivity index (χ1) is 10.7. The van der Waals surface area contributed by atoms with E-state index in [1.165, 1.54) is 5.56 Å². The molecule has 0 saturated carbocycles. The van der Waals surface area contributed by atoms with E-state index < -0.39 is 0 Å². The van der Waals surface area contributed by atoms with E-state index in [2.05, 4.69) is 58.1 Å². The lowest BCUT2D eigenvalue weighted by Crippen LogP contribution is -2.59. The Kier molecular flexibility index (Phi) is 4.77. The topological polar surface area (TPSA) is 33.5 Å². The van der Waals surface area contributed by atoms with Crippen molar-refractivity contribution in [3.63, 3.8) is 0 Å². The first-order valence-corrected chi connectivity index (χ1v) is 8.33. The molecule has 0 bridgehead atoms. The largest absolute Gasteiger partial charge is 0.304 e. The standard InChI is InChI=1S/C18H26N4/c1-20-11-13-22(14-12-20)18(16-19)7-9-21(10-8-18)15-17-5-3-2-4-6-17/h2-6H,7-15H2,1H3. The summed E-state index contributed by atoms with van der Waals surface area (Å²) in [6, 6.07) is 13.3. The van der Waals surface area contributed by atoms with Crippen LogP contribution in [0.3, 0.4) is 0 Å². The van der Waals surface area contributed by atoms with Gasteiger partial charge >= 0.3 is 0 Å². The average molecular weight is 298 g/mol. The normalized spacial score (nSPS) is 24.0. The van der Waals surface area contributed by atoms with Crippen LogP contribution in [0.4, 0.5) is 0 Å². The zero-order chi connectivity index (χ0) is 15.4. The lowest BCUT2D eigenvalue weighted by molar-refractivity contribution is 0.0260. The molecule has 1 aromatic carbocycles. The zero-order valence-corrected chi connectivity index (χ0v) is 13.5. The van der Waals surface area contributed by atoms with E-state index in [0.717, 1.165) is 58.7 Å². The summed E-state index contributed by atoms with van der Waals surface area (Å²) in [6.07, 6.45) is 1.94. The summed E-state index contributed by atoms with van der Waals surface area (Å²) in [7, 11) is 2.17. The molecule has 0 spiro atoms. The number of piperazine rings is 1. The number of piperidine rings is 1. The maximum Gasteiger partial charge on any atom is 0.111 e. The van der Waals surface area contributed by atoms with E-state index in [9.17, 15) is 5.26 Å². The van der Waals surface area contributed by atoms with Gasteiger partial charge in [-0.25, -0.2) is 0 Å². The van der Waals surface area contributed by atoms with Gasteiger partial charge in [-0.3, -0.25) is 9.80 Å². The van der Waals surface area contributed by atoms with E-state index in [-0.39, 0.29) is 5.54 Å². The van der Waals surface area contributed by atoms with Crippen LogP contribution in [0.5, 0.6) is 0 Å². The van der Waals surface area contributed by atoms with Gasteiger partial charge in [-0.2, -0.15) is 5.26 Å². The van der Waals surface area contributed by atoms with Gasteiger partial charge < -0.3 is 4.90 Å². The minimum atomic E-state index is -0.228. The molecule has 0 N–H and O–H groups in total. The third-order valence-electron chi connectivity index (χ3n) is 5.25. The van der Waals surface area contributed by atoms with E-state index in [1.807, 2.05) is 0 Å². The van der Waals surface area contributed by atoms with Crippen molar-refractivity contribution in [2.75, 3.05) is 46.3 Å². The SMILES string of the molecule is CN1CCN(C2(C#N)CCN(Cc3ccccc3)CC2)CC1. The lowest BCUT2D eigenvalue weighted by atomic mass is 9.86. The van der Waals surface area contributed by atoms with Crippen molar-refractivity contribution < 1.29 is 0 Å². The van der Waals surface area contributed by atoms with Crippen molar-refractivity contribution in [1.82, 2.24) is 14.7 Å². The summed E-state index contributed by atoms with van der Waals surface area (Å²) in [5, 5.41) is 9.81. The molecule has 0 amide bonds. The average Bonchev–Trinajstić information content (AvgIpc) is 2.57. The Morgan fingerprint density at radius 1 is 1.00 bits per heavy atom. The number of hydrogen-bond acceptors (Lipinski definition) is 4. The van der Waals surface area contributed by atoms with Crippen molar-refractivity contribution >= 4 is 0 Å². The van der Waals surface area contributed by atoms with E-state index in [0.29, 0.717) is 0 Å². The van der Waals surface area contributed by atoms with Gasteiger partial charge in [-0.15, -0.1) is 0 Å². The molecule has 0 aliphatic carbocycles. The number of nitrogens with zero attached hydrogens (tertiary/aromatic N) is 4. The Morgan fingerprint density at radius 3 is 2.23 bits per heavy atom. The summed E-state index contributed by atoms with van der Waals surface area (Å²) in [5.74, 6) is 0. The van der Waals surface area contributed by atoms with Crippen LogP contribution >= 0.6 is 0 Å². The highest BCUT2D eigenvalue weighted by atomic mass is 15.3. The highest BCUT2D eigenvalue weighted by Crippen LogP contribution is 2.30. The third kappa shape index (κ3) is 3.33. The molecule has 4 nitrogen and oxygen atoms in total. The molecule has 2 fully saturated rings. The number of nitriles is 1. The smallest absolute Gasteiger partial charge is 0.111 e. The van der Waals surface area contributed by atoms with Crippen LogP contribution in [0.1, 0.15) is 18.4 Å². The monoisotopic (exact) mass is 298 g/mol. The fourth-order valence-corrected chi connectivity index (χ4v) is 3.66. The van der Waals surface area contributed by atoms with Crippen molar-refractivity contribution in [1.29, 1.82) is 5.26 Å². The Morgan fingerprint density at radius 2 is 1.64 bits per heavy atom. The van der Waals surface area contributed by atoms with Gasteiger partial charge in [-0.1, -0.05) is 30.3 Å². The second-order valence-corrected chi connectivity index (χ2v) is 6.70. The second-order valence-electron chi connectivity index (χ2n) is 6.70. The van der Waals surface area contributed by atoms with Crippen LogP contribution in [-0.2, 0) is 6.54 Å². The van der Waals surface area contributed by atoms with E-state index in [4.69, 9.17) is 0 Å². The summed E-state index contributed by atoms with van der Waals surface area (Å²) in [6.45, 7) is 7.27. The fourth-order valence-electron chi connectivity index (χ4n) is 3.66. The molecule has 0 atom stereocenters. The van der Waals surface area contributed by atoms with Gasteiger partial charge in [0.05, 0.1) is 6.07 Å². The molecule has 118 valence electrons. The molecular weight excluding hydrogens is 272 g/mol. The molecular formula is C18H26N4. The van der Waals surface area contributed by atoms with Crippen molar-refractivity contribution in [3.05, 3.63) is 35.9 Å². The maximum atomic E-state index is 9.81. The number of benzene rings is 1. The molecule has 0 unspecified atom stereocenters. The van der Waals surface area contributed by atoms with Crippen LogP contribution in [0.2, 0.25) is 0 Å². The lowest BCUT2D eigenvalue weighted by Gasteiger charge is -2.47. The molecule has 2 aliphatic heterocycles. The predicted octanol–water partition coefficient (Wildman–Crippen LogP) is 1.79. The van der Waals surface area contributed by atoms with Gasteiger partial charge in [0.15, 0.2) is 0 Å². The summed E-state index contributed by atoms with van der Waals surface area (Å²) in [4.78, 5) is 7.28. The van der Waals surface area contributed by atoms with Crippen LogP contribution < -0.4 is 0 Å². The molecule has 1 aromatic rings. The van der Waals surface area contributed by atoms with Gasteiger partial charge in [0.2, 0.25) is 0 Å². The Bertz CT molecular complexity index is 506. The molecule has 2 heterocycles. The molecule has 4 heteroatoms. The second kappa shape index (κ2) is 6.78. The Labute approximate surface area is 133 Å². The van der Waals surface area contributed by atoms with Crippen LogP contribution in [0, 0.1) is 11.3 Å². The first-order valence-electron chi connectivity index (χ1n) is 8.33. The molecule has 3 rings (SSSR count). The van der Waals surface area contributed by atoms with E-state index >= 15 is 0 Å². The van der Waals surface area contributed by atoms with Crippen LogP contribution in [-0.4, -0.2) is 66.6 Å². The number of hydrogen-bond donors (Lipinski definition) is 0. The molecule has 0 radical (unpaired) electrons. The number of likely N-dealkylation sites (tertiary alicyclic amines) is 1. The Balaban J connectivity index is 1.58. The predicted molar refractivity (Wildman–Crippen MR) is 88.4 cm³/mol. The first kappa shape index (κ1) is 15.5. The highest BCUT2D eigenvalue weighted by molar-refractivity contribution is 5.16. The minimum Gasteiger partial charge on any atom is -0.304 e. The zero-order valence-electron chi connectivity index (χ0n) is 13.5. The summed E-state index contributed by atoms with van der Waals surface area (Å²) >= 11 is 0. The third-order valence-corrected chi connectivity index (χ3v) is 5.25. The van der Waals surface area contributed by atoms with Crippen molar-refractivity contribution in [2.45, 2.75) is 24.9 Å². The van der Waals surface area contributed by atoms with Gasteiger partial charge in [0, 0.05) is 45.8 Å². The minimum absolute atomic E-state index is 0.228. The summed E-state index contributed by atoms with van der Waals surface area (Å²) in [5.41, 5.74) is 1.14. The quantitative estimate of drug-likeness (QED) is 0.852. The van der Waals surface area contributed by atoms with E-state index in [1.54, 1.807) is 0 Å². The maximum absolute atomic E-state index is 9.81. The molecule has 0 aromatic heterocycles. The van der Waals surface area contributed by atoms with Gasteiger partial charge in [0.1, 0.15) is 5.54 Å². The number of likely N-dealkylation sites (N-methyl/N-ethyl adjacent to an activating group) is 1. The van der Waals surface area contributed by atoms with Gasteiger partial charge in [-0.05, 0) is 25.5 Å². The molecule has 2 aliphatic rings.